The van der Waals surface area contributed by atoms with Gasteiger partial charge in [0.05, 0.1) is 12.7 Å². The van der Waals surface area contributed by atoms with Crippen molar-refractivity contribution in [1.82, 2.24) is 0 Å². The number of nitrogens with one attached hydrogen (secondary N) is 1. The monoisotopic (exact) mass is 361 g/mol. The standard InChI is InChI=1S/C14H10ClF2NO4S/c1-22-13-9(3-2-4-12(13)23(15,20)21)14(19)18-8-5-6-10(16)11(17)7-8/h2-7H,1H3,(H,18,19). The normalized spacial score (nSPS) is 11.1. The summed E-state index contributed by atoms with van der Waals surface area (Å²) < 4.78 is 53.9. The Morgan fingerprint density at radius 1 is 1.17 bits per heavy atom. The molecule has 0 unspecified atom stereocenters. The molecule has 0 bridgehead atoms. The van der Waals surface area contributed by atoms with E-state index in [0.717, 1.165) is 18.2 Å². The predicted molar refractivity (Wildman–Crippen MR) is 80.3 cm³/mol. The van der Waals surface area contributed by atoms with Crippen molar-refractivity contribution in [1.29, 1.82) is 0 Å². The molecule has 9 heteroatoms. The van der Waals surface area contributed by atoms with Crippen LogP contribution in [0.3, 0.4) is 0 Å². The van der Waals surface area contributed by atoms with E-state index in [1.807, 2.05) is 0 Å². The van der Waals surface area contributed by atoms with Gasteiger partial charge in [-0.25, -0.2) is 17.2 Å². The van der Waals surface area contributed by atoms with Crippen LogP contribution in [0.2, 0.25) is 0 Å². The number of halogens is 3. The SMILES string of the molecule is COc1c(C(=O)Nc2ccc(F)c(F)c2)cccc1S(=O)(=O)Cl. The number of carbonyl (C=O) groups is 1. The van der Waals surface area contributed by atoms with Crippen molar-refractivity contribution in [3.8, 4) is 5.75 Å². The second-order valence-corrected chi connectivity index (χ2v) is 6.89. The van der Waals surface area contributed by atoms with Gasteiger partial charge in [-0.3, -0.25) is 4.79 Å². The van der Waals surface area contributed by atoms with Gasteiger partial charge in [0.15, 0.2) is 17.4 Å². The van der Waals surface area contributed by atoms with Crippen molar-refractivity contribution >= 4 is 31.3 Å². The Bertz CT molecular complexity index is 871. The first-order valence-corrected chi connectivity index (χ1v) is 8.43. The van der Waals surface area contributed by atoms with Crippen LogP contribution in [0.15, 0.2) is 41.3 Å². The molecule has 2 rings (SSSR count). The third-order valence-corrected chi connectivity index (χ3v) is 4.21. The fourth-order valence-corrected chi connectivity index (χ4v) is 2.89. The molecule has 0 atom stereocenters. The average Bonchev–Trinajstić information content (AvgIpc) is 2.49. The summed E-state index contributed by atoms with van der Waals surface area (Å²) in [6.07, 6.45) is 0. The number of anilines is 1. The highest BCUT2D eigenvalue weighted by Gasteiger charge is 2.23. The van der Waals surface area contributed by atoms with E-state index in [9.17, 15) is 22.0 Å². The van der Waals surface area contributed by atoms with Crippen molar-refractivity contribution in [2.45, 2.75) is 4.90 Å². The summed E-state index contributed by atoms with van der Waals surface area (Å²) in [6.45, 7) is 0. The Morgan fingerprint density at radius 3 is 2.43 bits per heavy atom. The quantitative estimate of drug-likeness (QED) is 0.849. The van der Waals surface area contributed by atoms with Gasteiger partial charge < -0.3 is 10.1 Å². The predicted octanol–water partition coefficient (Wildman–Crippen LogP) is 3.15. The first-order chi connectivity index (χ1) is 10.7. The number of ether oxygens (including phenoxy) is 1. The highest BCUT2D eigenvalue weighted by atomic mass is 35.7. The number of carbonyl (C=O) groups excluding carboxylic acids is 1. The zero-order chi connectivity index (χ0) is 17.2. The molecule has 5 nitrogen and oxygen atoms in total. The fraction of sp³-hybridized carbons (Fsp3) is 0.0714. The molecular formula is C14H10ClF2NO4S. The first-order valence-electron chi connectivity index (χ1n) is 6.12. The van der Waals surface area contributed by atoms with E-state index in [0.29, 0.717) is 0 Å². The van der Waals surface area contributed by atoms with Crippen LogP contribution in [0.5, 0.6) is 5.75 Å². The molecule has 0 aliphatic carbocycles. The van der Waals surface area contributed by atoms with E-state index >= 15 is 0 Å². The third-order valence-electron chi connectivity index (χ3n) is 2.87. The van der Waals surface area contributed by atoms with Crippen LogP contribution in [-0.2, 0) is 9.05 Å². The summed E-state index contributed by atoms with van der Waals surface area (Å²) in [5.74, 6) is -3.21. The van der Waals surface area contributed by atoms with Gasteiger partial charge in [-0.15, -0.1) is 0 Å². The Labute approximate surface area is 135 Å². The molecule has 1 N–H and O–H groups in total. The maximum absolute atomic E-state index is 13.2. The first kappa shape index (κ1) is 17.2. The summed E-state index contributed by atoms with van der Waals surface area (Å²) >= 11 is 0. The van der Waals surface area contributed by atoms with Crippen LogP contribution in [0.1, 0.15) is 10.4 Å². The van der Waals surface area contributed by atoms with Gasteiger partial charge in [0.25, 0.3) is 15.0 Å². The fourth-order valence-electron chi connectivity index (χ4n) is 1.87. The molecule has 1 amide bonds. The van der Waals surface area contributed by atoms with Crippen LogP contribution in [-0.4, -0.2) is 21.4 Å². The molecule has 0 aromatic heterocycles. The van der Waals surface area contributed by atoms with Crippen LogP contribution in [0.25, 0.3) is 0 Å². The molecule has 0 fully saturated rings. The van der Waals surface area contributed by atoms with Gasteiger partial charge in [0.1, 0.15) is 4.90 Å². The third kappa shape index (κ3) is 3.77. The van der Waals surface area contributed by atoms with Gasteiger partial charge in [0.2, 0.25) is 0 Å². The Kier molecular flexibility index (Phi) is 4.86. The number of rotatable bonds is 4. The van der Waals surface area contributed by atoms with E-state index < -0.39 is 26.6 Å². The lowest BCUT2D eigenvalue weighted by Crippen LogP contribution is -2.14. The van der Waals surface area contributed by atoms with Gasteiger partial charge in [-0.2, -0.15) is 0 Å². The average molecular weight is 362 g/mol. The van der Waals surface area contributed by atoms with E-state index in [4.69, 9.17) is 15.4 Å². The highest BCUT2D eigenvalue weighted by Crippen LogP contribution is 2.31. The van der Waals surface area contributed by atoms with E-state index in [-0.39, 0.29) is 21.9 Å². The molecule has 0 saturated carbocycles. The number of hydrogen-bond donors (Lipinski definition) is 1. The lowest BCUT2D eigenvalue weighted by molar-refractivity contribution is 0.102. The van der Waals surface area contributed by atoms with Crippen LogP contribution in [0, 0.1) is 11.6 Å². The molecular weight excluding hydrogens is 352 g/mol. The number of para-hydroxylation sites is 1. The van der Waals surface area contributed by atoms with Crippen molar-refractivity contribution in [3.63, 3.8) is 0 Å². The lowest BCUT2D eigenvalue weighted by atomic mass is 10.1. The maximum atomic E-state index is 13.2. The number of methoxy groups -OCH3 is 1. The Balaban J connectivity index is 2.41. The molecule has 0 aliphatic heterocycles. The van der Waals surface area contributed by atoms with Gasteiger partial charge in [-0.1, -0.05) is 6.07 Å². The van der Waals surface area contributed by atoms with E-state index in [1.54, 1.807) is 0 Å². The summed E-state index contributed by atoms with van der Waals surface area (Å²) in [6, 6.07) is 6.58. The van der Waals surface area contributed by atoms with Crippen molar-refractivity contribution < 1.29 is 26.7 Å². The van der Waals surface area contributed by atoms with Gasteiger partial charge in [-0.05, 0) is 24.3 Å². The minimum Gasteiger partial charge on any atom is -0.494 e. The molecule has 2 aromatic rings. The molecule has 23 heavy (non-hydrogen) atoms. The smallest absolute Gasteiger partial charge is 0.265 e. The molecule has 0 aliphatic rings. The number of amides is 1. The molecule has 0 spiro atoms. The van der Waals surface area contributed by atoms with Gasteiger partial charge >= 0.3 is 0 Å². The largest absolute Gasteiger partial charge is 0.494 e. The second kappa shape index (κ2) is 6.51. The van der Waals surface area contributed by atoms with Crippen molar-refractivity contribution in [2.75, 3.05) is 12.4 Å². The van der Waals surface area contributed by atoms with Crippen LogP contribution < -0.4 is 10.1 Å². The number of hydrogen-bond acceptors (Lipinski definition) is 4. The summed E-state index contributed by atoms with van der Waals surface area (Å²) in [5.41, 5.74) is -0.131. The van der Waals surface area contributed by atoms with E-state index in [2.05, 4.69) is 5.32 Å². The molecule has 122 valence electrons. The van der Waals surface area contributed by atoms with Gasteiger partial charge in [0, 0.05) is 22.4 Å². The maximum Gasteiger partial charge on any atom is 0.265 e. The van der Waals surface area contributed by atoms with E-state index in [1.165, 1.54) is 25.3 Å². The van der Waals surface area contributed by atoms with Crippen LogP contribution in [0.4, 0.5) is 14.5 Å². The topological polar surface area (TPSA) is 72.5 Å². The molecule has 0 radical (unpaired) electrons. The lowest BCUT2D eigenvalue weighted by Gasteiger charge is -2.12. The Hall–Kier alpha value is -2.19. The summed E-state index contributed by atoms with van der Waals surface area (Å²) in [4.78, 5) is 11.8. The zero-order valence-electron chi connectivity index (χ0n) is 11.6. The summed E-state index contributed by atoms with van der Waals surface area (Å²) in [5, 5.41) is 2.32. The van der Waals surface area contributed by atoms with Crippen molar-refractivity contribution in [3.05, 3.63) is 53.6 Å². The Morgan fingerprint density at radius 2 is 1.87 bits per heavy atom. The van der Waals surface area contributed by atoms with Crippen molar-refractivity contribution in [2.24, 2.45) is 0 Å². The molecule has 0 saturated heterocycles. The highest BCUT2D eigenvalue weighted by molar-refractivity contribution is 8.13. The number of benzene rings is 2. The minimum atomic E-state index is -4.13. The zero-order valence-corrected chi connectivity index (χ0v) is 13.2. The van der Waals surface area contributed by atoms with Crippen LogP contribution >= 0.6 is 10.7 Å². The second-order valence-electron chi connectivity index (χ2n) is 4.36. The summed E-state index contributed by atoms with van der Waals surface area (Å²) in [7, 11) is 2.33. The molecule has 0 heterocycles. The molecule has 2 aromatic carbocycles. The minimum absolute atomic E-state index is 0.00455.